The van der Waals surface area contributed by atoms with Crippen LogP contribution in [0.25, 0.3) is 0 Å². The second-order valence-corrected chi connectivity index (χ2v) is 5.57. The van der Waals surface area contributed by atoms with Crippen molar-refractivity contribution in [1.82, 2.24) is 15.5 Å². The van der Waals surface area contributed by atoms with E-state index in [0.717, 1.165) is 26.2 Å². The second kappa shape index (κ2) is 6.97. The van der Waals surface area contributed by atoms with Gasteiger partial charge >= 0.3 is 0 Å². The van der Waals surface area contributed by atoms with E-state index in [0.29, 0.717) is 11.8 Å². The van der Waals surface area contributed by atoms with Crippen molar-refractivity contribution >= 4 is 5.91 Å². The molecule has 17 heavy (non-hydrogen) atoms. The molecule has 1 aliphatic heterocycles. The SMILES string of the molecule is CNCC(C(=O)NCC1CCN(C)C1)C(C)C. The fourth-order valence-corrected chi connectivity index (χ4v) is 2.42. The summed E-state index contributed by atoms with van der Waals surface area (Å²) < 4.78 is 0. The summed E-state index contributed by atoms with van der Waals surface area (Å²) in [5.41, 5.74) is 0. The first kappa shape index (κ1) is 14.5. The first-order chi connectivity index (χ1) is 8.04. The predicted octanol–water partition coefficient (Wildman–Crippen LogP) is 0.546. The fraction of sp³-hybridized carbons (Fsp3) is 0.923. The van der Waals surface area contributed by atoms with Gasteiger partial charge in [0.25, 0.3) is 0 Å². The summed E-state index contributed by atoms with van der Waals surface area (Å²) in [5.74, 6) is 1.29. The van der Waals surface area contributed by atoms with Crippen LogP contribution < -0.4 is 10.6 Å². The maximum atomic E-state index is 12.0. The zero-order valence-corrected chi connectivity index (χ0v) is 11.6. The Kier molecular flexibility index (Phi) is 5.92. The molecule has 1 amide bonds. The molecule has 4 nitrogen and oxygen atoms in total. The molecule has 0 aromatic heterocycles. The van der Waals surface area contributed by atoms with Crippen LogP contribution in [0, 0.1) is 17.8 Å². The minimum atomic E-state index is 0.0825. The zero-order chi connectivity index (χ0) is 12.8. The molecule has 1 aliphatic rings. The molecule has 0 radical (unpaired) electrons. The average molecular weight is 241 g/mol. The van der Waals surface area contributed by atoms with Crippen LogP contribution in [0.15, 0.2) is 0 Å². The lowest BCUT2D eigenvalue weighted by Gasteiger charge is -2.21. The third-order valence-corrected chi connectivity index (χ3v) is 3.62. The molecule has 0 bridgehead atoms. The van der Waals surface area contributed by atoms with Gasteiger partial charge < -0.3 is 15.5 Å². The van der Waals surface area contributed by atoms with E-state index < -0.39 is 0 Å². The summed E-state index contributed by atoms with van der Waals surface area (Å²) in [6, 6.07) is 0. The first-order valence-corrected chi connectivity index (χ1v) is 6.65. The first-order valence-electron chi connectivity index (χ1n) is 6.65. The molecule has 0 saturated carbocycles. The van der Waals surface area contributed by atoms with Crippen molar-refractivity contribution in [2.45, 2.75) is 20.3 Å². The Hall–Kier alpha value is -0.610. The van der Waals surface area contributed by atoms with Crippen molar-refractivity contribution in [3.8, 4) is 0 Å². The van der Waals surface area contributed by atoms with Crippen molar-refractivity contribution < 1.29 is 4.79 Å². The number of hydrogen-bond donors (Lipinski definition) is 2. The Morgan fingerprint density at radius 2 is 2.18 bits per heavy atom. The highest BCUT2D eigenvalue weighted by atomic mass is 16.1. The van der Waals surface area contributed by atoms with Crippen LogP contribution in [0.3, 0.4) is 0 Å². The molecular formula is C13H27N3O. The van der Waals surface area contributed by atoms with Gasteiger partial charge in [0.15, 0.2) is 0 Å². The maximum Gasteiger partial charge on any atom is 0.224 e. The van der Waals surface area contributed by atoms with E-state index in [4.69, 9.17) is 0 Å². The monoisotopic (exact) mass is 241 g/mol. The summed E-state index contributed by atoms with van der Waals surface area (Å²) >= 11 is 0. The molecule has 0 aliphatic carbocycles. The number of hydrogen-bond acceptors (Lipinski definition) is 3. The van der Waals surface area contributed by atoms with Gasteiger partial charge in [0.2, 0.25) is 5.91 Å². The largest absolute Gasteiger partial charge is 0.355 e. The van der Waals surface area contributed by atoms with Gasteiger partial charge in [0, 0.05) is 19.6 Å². The van der Waals surface area contributed by atoms with Gasteiger partial charge in [0.05, 0.1) is 5.92 Å². The Morgan fingerprint density at radius 1 is 1.47 bits per heavy atom. The van der Waals surface area contributed by atoms with Crippen LogP contribution in [0.2, 0.25) is 0 Å². The van der Waals surface area contributed by atoms with Crippen LogP contribution in [-0.2, 0) is 4.79 Å². The van der Waals surface area contributed by atoms with Gasteiger partial charge in [0.1, 0.15) is 0 Å². The second-order valence-electron chi connectivity index (χ2n) is 5.57. The summed E-state index contributed by atoms with van der Waals surface area (Å²) in [7, 11) is 4.04. The van der Waals surface area contributed by atoms with Gasteiger partial charge in [-0.25, -0.2) is 0 Å². The van der Waals surface area contributed by atoms with Crippen molar-refractivity contribution in [2.24, 2.45) is 17.8 Å². The molecule has 1 saturated heterocycles. The standard InChI is InChI=1S/C13H27N3O/c1-10(2)12(8-14-3)13(17)15-7-11-5-6-16(4)9-11/h10-12,14H,5-9H2,1-4H3,(H,15,17). The lowest BCUT2D eigenvalue weighted by Crippen LogP contribution is -2.41. The number of amides is 1. The molecule has 1 heterocycles. The van der Waals surface area contributed by atoms with Crippen LogP contribution in [0.1, 0.15) is 20.3 Å². The lowest BCUT2D eigenvalue weighted by atomic mass is 9.94. The van der Waals surface area contributed by atoms with E-state index in [1.165, 1.54) is 6.42 Å². The molecular weight excluding hydrogens is 214 g/mol. The predicted molar refractivity (Wildman–Crippen MR) is 70.9 cm³/mol. The molecule has 2 atom stereocenters. The van der Waals surface area contributed by atoms with Crippen LogP contribution >= 0.6 is 0 Å². The molecule has 4 heteroatoms. The Labute approximate surface area is 105 Å². The number of carbonyl (C=O) groups excluding carboxylic acids is 1. The zero-order valence-electron chi connectivity index (χ0n) is 11.6. The van der Waals surface area contributed by atoms with E-state index >= 15 is 0 Å². The number of nitrogens with one attached hydrogen (secondary N) is 2. The molecule has 1 rings (SSSR count). The minimum absolute atomic E-state index is 0.0825. The molecule has 100 valence electrons. The van der Waals surface area contributed by atoms with Gasteiger partial charge in [-0.3, -0.25) is 4.79 Å². The van der Waals surface area contributed by atoms with E-state index in [-0.39, 0.29) is 11.8 Å². The number of carbonyl (C=O) groups is 1. The van der Waals surface area contributed by atoms with E-state index in [1.54, 1.807) is 0 Å². The summed E-state index contributed by atoms with van der Waals surface area (Å²) in [5, 5.41) is 6.20. The molecule has 0 aromatic carbocycles. The smallest absolute Gasteiger partial charge is 0.224 e. The number of likely N-dealkylation sites (tertiary alicyclic amines) is 1. The summed E-state index contributed by atoms with van der Waals surface area (Å²) in [6.07, 6.45) is 1.20. The normalized spacial score (nSPS) is 23.0. The molecule has 0 aromatic rings. The fourth-order valence-electron chi connectivity index (χ4n) is 2.42. The third-order valence-electron chi connectivity index (χ3n) is 3.62. The Balaban J connectivity index is 2.31. The van der Waals surface area contributed by atoms with Gasteiger partial charge in [-0.15, -0.1) is 0 Å². The average Bonchev–Trinajstić information content (AvgIpc) is 2.68. The van der Waals surface area contributed by atoms with Crippen molar-refractivity contribution in [3.63, 3.8) is 0 Å². The Bertz CT molecular complexity index is 243. The lowest BCUT2D eigenvalue weighted by molar-refractivity contribution is -0.126. The van der Waals surface area contributed by atoms with E-state index in [9.17, 15) is 4.79 Å². The van der Waals surface area contributed by atoms with Gasteiger partial charge in [-0.2, -0.15) is 0 Å². The van der Waals surface area contributed by atoms with Crippen molar-refractivity contribution in [2.75, 3.05) is 40.3 Å². The van der Waals surface area contributed by atoms with Gasteiger partial charge in [-0.05, 0) is 38.9 Å². The highest BCUT2D eigenvalue weighted by Crippen LogP contribution is 2.14. The molecule has 0 spiro atoms. The van der Waals surface area contributed by atoms with E-state index in [1.807, 2.05) is 7.05 Å². The molecule has 1 fully saturated rings. The molecule has 2 unspecified atom stereocenters. The highest BCUT2D eigenvalue weighted by molar-refractivity contribution is 5.79. The summed E-state index contributed by atoms with van der Waals surface area (Å²) in [6.45, 7) is 8.06. The van der Waals surface area contributed by atoms with Crippen LogP contribution in [-0.4, -0.2) is 51.1 Å². The van der Waals surface area contributed by atoms with Crippen molar-refractivity contribution in [3.05, 3.63) is 0 Å². The Morgan fingerprint density at radius 3 is 2.65 bits per heavy atom. The highest BCUT2D eigenvalue weighted by Gasteiger charge is 2.24. The number of rotatable bonds is 6. The van der Waals surface area contributed by atoms with E-state index in [2.05, 4.69) is 36.4 Å². The van der Waals surface area contributed by atoms with Crippen LogP contribution in [0.4, 0.5) is 0 Å². The van der Waals surface area contributed by atoms with Gasteiger partial charge in [-0.1, -0.05) is 13.8 Å². The quantitative estimate of drug-likeness (QED) is 0.713. The minimum Gasteiger partial charge on any atom is -0.355 e. The maximum absolute atomic E-state index is 12.0. The van der Waals surface area contributed by atoms with Crippen molar-refractivity contribution in [1.29, 1.82) is 0 Å². The number of nitrogens with zero attached hydrogens (tertiary/aromatic N) is 1. The summed E-state index contributed by atoms with van der Waals surface area (Å²) in [4.78, 5) is 14.4. The third kappa shape index (κ3) is 4.64. The topological polar surface area (TPSA) is 44.4 Å². The molecule has 2 N–H and O–H groups in total. The van der Waals surface area contributed by atoms with Crippen LogP contribution in [0.5, 0.6) is 0 Å².